The molecule has 0 aliphatic carbocycles. The lowest BCUT2D eigenvalue weighted by Gasteiger charge is -2.34. The molecule has 2 unspecified atom stereocenters. The fourth-order valence-corrected chi connectivity index (χ4v) is 2.37. The number of aryl methyl sites for hydroxylation is 2. The van der Waals surface area contributed by atoms with Crippen molar-refractivity contribution >= 4 is 5.91 Å². The Morgan fingerprint density at radius 1 is 1.45 bits per heavy atom. The maximum absolute atomic E-state index is 12.1. The molecule has 20 heavy (non-hydrogen) atoms. The summed E-state index contributed by atoms with van der Waals surface area (Å²) >= 11 is 0. The van der Waals surface area contributed by atoms with Gasteiger partial charge in [0.15, 0.2) is 6.61 Å². The van der Waals surface area contributed by atoms with Crippen molar-refractivity contribution < 1.29 is 14.6 Å². The molecule has 4 heteroatoms. The smallest absolute Gasteiger partial charge is 0.260 e. The maximum Gasteiger partial charge on any atom is 0.260 e. The van der Waals surface area contributed by atoms with Crippen molar-refractivity contribution in [3.63, 3.8) is 0 Å². The predicted molar refractivity (Wildman–Crippen MR) is 77.8 cm³/mol. The minimum absolute atomic E-state index is 0.0331. The zero-order chi connectivity index (χ0) is 14.7. The highest BCUT2D eigenvalue weighted by Crippen LogP contribution is 2.20. The number of rotatable bonds is 3. The van der Waals surface area contributed by atoms with E-state index in [4.69, 9.17) is 4.74 Å². The molecule has 1 amide bonds. The Hall–Kier alpha value is -1.55. The molecule has 0 radical (unpaired) electrons. The molecule has 0 spiro atoms. The van der Waals surface area contributed by atoms with Crippen LogP contribution in [0.25, 0.3) is 0 Å². The topological polar surface area (TPSA) is 49.8 Å². The van der Waals surface area contributed by atoms with E-state index in [-0.39, 0.29) is 18.4 Å². The largest absolute Gasteiger partial charge is 0.483 e. The maximum atomic E-state index is 12.1. The lowest BCUT2D eigenvalue weighted by molar-refractivity contribution is -0.137. The summed E-state index contributed by atoms with van der Waals surface area (Å²) in [7, 11) is 0. The number of ether oxygens (including phenoxy) is 1. The molecule has 110 valence electrons. The molecule has 0 saturated carbocycles. The Labute approximate surface area is 120 Å². The van der Waals surface area contributed by atoms with Crippen LogP contribution in [0.3, 0.4) is 0 Å². The Morgan fingerprint density at radius 3 is 2.90 bits per heavy atom. The van der Waals surface area contributed by atoms with Crippen molar-refractivity contribution in [2.24, 2.45) is 5.92 Å². The highest BCUT2D eigenvalue weighted by molar-refractivity contribution is 5.78. The van der Waals surface area contributed by atoms with Crippen LogP contribution in [0, 0.1) is 19.8 Å². The van der Waals surface area contributed by atoms with E-state index in [0.717, 1.165) is 23.3 Å². The average molecular weight is 277 g/mol. The summed E-state index contributed by atoms with van der Waals surface area (Å²) in [5, 5.41) is 9.83. The van der Waals surface area contributed by atoms with Crippen molar-refractivity contribution in [3.05, 3.63) is 29.3 Å². The number of aliphatic hydroxyl groups excluding tert-OH is 1. The second kappa shape index (κ2) is 6.27. The van der Waals surface area contributed by atoms with Crippen molar-refractivity contribution in [2.45, 2.75) is 33.3 Å². The first-order valence-electron chi connectivity index (χ1n) is 7.13. The SMILES string of the molecule is Cc1ccc(C)c(OCC(=O)N2CCC(C)C(O)C2)c1. The van der Waals surface area contributed by atoms with Crippen molar-refractivity contribution in [1.82, 2.24) is 4.90 Å². The van der Waals surface area contributed by atoms with Gasteiger partial charge in [0.1, 0.15) is 5.75 Å². The molecule has 1 saturated heterocycles. The lowest BCUT2D eigenvalue weighted by Crippen LogP contribution is -2.47. The van der Waals surface area contributed by atoms with Gasteiger partial charge in [0.25, 0.3) is 5.91 Å². The van der Waals surface area contributed by atoms with Crippen LogP contribution >= 0.6 is 0 Å². The van der Waals surface area contributed by atoms with Gasteiger partial charge in [-0.1, -0.05) is 19.1 Å². The average Bonchev–Trinajstić information content (AvgIpc) is 2.42. The van der Waals surface area contributed by atoms with Gasteiger partial charge < -0.3 is 14.7 Å². The van der Waals surface area contributed by atoms with Gasteiger partial charge in [-0.05, 0) is 43.4 Å². The third kappa shape index (κ3) is 3.51. The summed E-state index contributed by atoms with van der Waals surface area (Å²) in [5.74, 6) is 0.958. The van der Waals surface area contributed by atoms with E-state index in [1.165, 1.54) is 0 Å². The molecule has 1 N–H and O–H groups in total. The summed E-state index contributed by atoms with van der Waals surface area (Å²) in [5.41, 5.74) is 2.14. The van der Waals surface area contributed by atoms with Crippen LogP contribution < -0.4 is 4.74 Å². The number of nitrogens with zero attached hydrogens (tertiary/aromatic N) is 1. The van der Waals surface area contributed by atoms with E-state index in [2.05, 4.69) is 0 Å². The highest BCUT2D eigenvalue weighted by atomic mass is 16.5. The van der Waals surface area contributed by atoms with Gasteiger partial charge in [-0.3, -0.25) is 4.79 Å². The fraction of sp³-hybridized carbons (Fsp3) is 0.562. The summed E-state index contributed by atoms with van der Waals surface area (Å²) in [4.78, 5) is 13.8. The molecule has 2 rings (SSSR count). The number of likely N-dealkylation sites (tertiary alicyclic amines) is 1. The zero-order valence-electron chi connectivity index (χ0n) is 12.4. The van der Waals surface area contributed by atoms with Gasteiger partial charge >= 0.3 is 0 Å². The normalized spacial score (nSPS) is 22.7. The van der Waals surface area contributed by atoms with E-state index in [1.807, 2.05) is 39.0 Å². The van der Waals surface area contributed by atoms with Gasteiger partial charge in [0, 0.05) is 13.1 Å². The standard InChI is InChI=1S/C16H23NO3/c1-11-4-5-13(3)15(8-11)20-10-16(19)17-7-6-12(2)14(18)9-17/h4-5,8,12,14,18H,6-7,9-10H2,1-3H3. The summed E-state index contributed by atoms with van der Waals surface area (Å²) in [6.45, 7) is 7.12. The first kappa shape index (κ1) is 14.9. The summed E-state index contributed by atoms with van der Waals surface area (Å²) in [6.07, 6.45) is 0.421. The van der Waals surface area contributed by atoms with E-state index in [0.29, 0.717) is 13.1 Å². The van der Waals surface area contributed by atoms with Crippen LogP contribution in [-0.4, -0.2) is 41.7 Å². The van der Waals surface area contributed by atoms with Crippen molar-refractivity contribution in [2.75, 3.05) is 19.7 Å². The molecule has 1 aromatic carbocycles. The number of aliphatic hydroxyl groups is 1. The van der Waals surface area contributed by atoms with Crippen LogP contribution in [0.15, 0.2) is 18.2 Å². The summed E-state index contributed by atoms with van der Waals surface area (Å²) < 4.78 is 5.62. The number of carbonyl (C=O) groups is 1. The van der Waals surface area contributed by atoms with E-state index in [9.17, 15) is 9.90 Å². The lowest BCUT2D eigenvalue weighted by atomic mass is 9.96. The van der Waals surface area contributed by atoms with Crippen LogP contribution in [-0.2, 0) is 4.79 Å². The molecule has 0 aromatic heterocycles. The van der Waals surface area contributed by atoms with Gasteiger partial charge in [0.2, 0.25) is 0 Å². The molecule has 1 aliphatic rings. The molecule has 1 aliphatic heterocycles. The fourth-order valence-electron chi connectivity index (χ4n) is 2.37. The highest BCUT2D eigenvalue weighted by Gasteiger charge is 2.27. The number of hydrogen-bond acceptors (Lipinski definition) is 3. The van der Waals surface area contributed by atoms with Crippen LogP contribution in [0.5, 0.6) is 5.75 Å². The van der Waals surface area contributed by atoms with Gasteiger partial charge in [0.05, 0.1) is 6.10 Å². The molecule has 2 atom stereocenters. The second-order valence-electron chi connectivity index (χ2n) is 5.73. The molecule has 0 bridgehead atoms. The zero-order valence-corrected chi connectivity index (χ0v) is 12.4. The Bertz CT molecular complexity index is 487. The second-order valence-corrected chi connectivity index (χ2v) is 5.73. The Kier molecular flexibility index (Phi) is 4.65. The van der Waals surface area contributed by atoms with Crippen LogP contribution in [0.1, 0.15) is 24.5 Å². The van der Waals surface area contributed by atoms with Gasteiger partial charge in [-0.25, -0.2) is 0 Å². The number of amides is 1. The Morgan fingerprint density at radius 2 is 2.20 bits per heavy atom. The van der Waals surface area contributed by atoms with Gasteiger partial charge in [-0.15, -0.1) is 0 Å². The van der Waals surface area contributed by atoms with Crippen molar-refractivity contribution in [3.8, 4) is 5.75 Å². The predicted octanol–water partition coefficient (Wildman–Crippen LogP) is 1.91. The molecule has 4 nitrogen and oxygen atoms in total. The molecular weight excluding hydrogens is 254 g/mol. The Balaban J connectivity index is 1.90. The van der Waals surface area contributed by atoms with Crippen molar-refractivity contribution in [1.29, 1.82) is 0 Å². The number of benzene rings is 1. The summed E-state index contributed by atoms with van der Waals surface area (Å²) in [6, 6.07) is 5.95. The first-order chi connectivity index (χ1) is 9.47. The van der Waals surface area contributed by atoms with Crippen LogP contribution in [0.4, 0.5) is 0 Å². The third-order valence-electron chi connectivity index (χ3n) is 3.97. The molecule has 1 fully saturated rings. The van der Waals surface area contributed by atoms with E-state index >= 15 is 0 Å². The van der Waals surface area contributed by atoms with Gasteiger partial charge in [-0.2, -0.15) is 0 Å². The first-order valence-corrected chi connectivity index (χ1v) is 7.13. The minimum Gasteiger partial charge on any atom is -0.483 e. The number of hydrogen-bond donors (Lipinski definition) is 1. The minimum atomic E-state index is -0.423. The number of piperidine rings is 1. The van der Waals surface area contributed by atoms with E-state index < -0.39 is 6.10 Å². The number of β-amino-alcohol motifs (C(OH)–C–C–N with tert-alkyl or cyclic N) is 1. The van der Waals surface area contributed by atoms with E-state index in [1.54, 1.807) is 4.90 Å². The molecular formula is C16H23NO3. The third-order valence-corrected chi connectivity index (χ3v) is 3.97. The quantitative estimate of drug-likeness (QED) is 0.918. The monoisotopic (exact) mass is 277 g/mol. The number of carbonyl (C=O) groups excluding carboxylic acids is 1. The molecule has 1 aromatic rings. The van der Waals surface area contributed by atoms with Crippen LogP contribution in [0.2, 0.25) is 0 Å². The molecule has 1 heterocycles.